The number of nitrogens with one attached hydrogen (secondary N) is 3. The number of hydrazine groups is 1. The van der Waals surface area contributed by atoms with Crippen LogP contribution in [0.3, 0.4) is 0 Å². The van der Waals surface area contributed by atoms with Crippen LogP contribution in [0, 0.1) is 0 Å². The minimum Gasteiger partial charge on any atom is -0.497 e. The Morgan fingerprint density at radius 2 is 1.45 bits per heavy atom. The fraction of sp³-hybridized carbons (Fsp3) is 0.0455. The second kappa shape index (κ2) is 9.97. The standard InChI is InChI=1S/C22H17Cl2N3O4/c1-31-17-7-3-5-14(11-17)20(28)25-16-6-2-4-13(10-16)21(29)26-27-22(30)18-9-8-15(23)12-19(18)24/h2-12H,1H3,(H,25,28)(H,26,29)(H,27,30). The highest BCUT2D eigenvalue weighted by Crippen LogP contribution is 2.21. The first-order chi connectivity index (χ1) is 14.9. The molecule has 0 bridgehead atoms. The van der Waals surface area contributed by atoms with Crippen molar-refractivity contribution in [1.82, 2.24) is 10.9 Å². The predicted octanol–water partition coefficient (Wildman–Crippen LogP) is 4.33. The van der Waals surface area contributed by atoms with E-state index in [0.29, 0.717) is 22.0 Å². The fourth-order valence-corrected chi connectivity index (χ4v) is 3.13. The molecule has 0 aliphatic heterocycles. The molecule has 3 rings (SSSR count). The Labute approximate surface area is 188 Å². The molecule has 31 heavy (non-hydrogen) atoms. The summed E-state index contributed by atoms with van der Waals surface area (Å²) >= 11 is 11.8. The molecular formula is C22H17Cl2N3O4. The Bertz CT molecular complexity index is 1150. The third-order valence-electron chi connectivity index (χ3n) is 4.18. The number of ether oxygens (including phenoxy) is 1. The number of hydrogen-bond acceptors (Lipinski definition) is 4. The maximum absolute atomic E-state index is 12.4. The molecule has 3 N–H and O–H groups in total. The lowest BCUT2D eigenvalue weighted by atomic mass is 10.1. The van der Waals surface area contributed by atoms with Crippen LogP contribution in [0.1, 0.15) is 31.1 Å². The van der Waals surface area contributed by atoms with Crippen LogP contribution < -0.4 is 20.9 Å². The van der Waals surface area contributed by atoms with E-state index >= 15 is 0 Å². The van der Waals surface area contributed by atoms with E-state index in [2.05, 4.69) is 16.2 Å². The van der Waals surface area contributed by atoms with Gasteiger partial charge in [-0.25, -0.2) is 0 Å². The third-order valence-corrected chi connectivity index (χ3v) is 4.73. The molecule has 9 heteroatoms. The van der Waals surface area contributed by atoms with Crippen LogP contribution in [0.4, 0.5) is 5.69 Å². The lowest BCUT2D eigenvalue weighted by Crippen LogP contribution is -2.41. The van der Waals surface area contributed by atoms with Gasteiger partial charge in [-0.1, -0.05) is 35.3 Å². The molecule has 0 atom stereocenters. The van der Waals surface area contributed by atoms with Gasteiger partial charge in [0.1, 0.15) is 5.75 Å². The van der Waals surface area contributed by atoms with Crippen LogP contribution in [0.5, 0.6) is 5.75 Å². The van der Waals surface area contributed by atoms with Gasteiger partial charge < -0.3 is 10.1 Å². The van der Waals surface area contributed by atoms with Crippen molar-refractivity contribution >= 4 is 46.6 Å². The van der Waals surface area contributed by atoms with Crippen molar-refractivity contribution < 1.29 is 19.1 Å². The van der Waals surface area contributed by atoms with E-state index < -0.39 is 11.8 Å². The van der Waals surface area contributed by atoms with Crippen LogP contribution in [0.25, 0.3) is 0 Å². The highest BCUT2D eigenvalue weighted by Gasteiger charge is 2.14. The van der Waals surface area contributed by atoms with Gasteiger partial charge in [0.15, 0.2) is 0 Å². The van der Waals surface area contributed by atoms with Crippen LogP contribution in [0.15, 0.2) is 66.7 Å². The van der Waals surface area contributed by atoms with E-state index in [1.165, 1.54) is 37.4 Å². The van der Waals surface area contributed by atoms with Crippen molar-refractivity contribution in [3.8, 4) is 5.75 Å². The van der Waals surface area contributed by atoms with E-state index in [-0.39, 0.29) is 22.1 Å². The first-order valence-electron chi connectivity index (χ1n) is 8.98. The summed E-state index contributed by atoms with van der Waals surface area (Å²) in [7, 11) is 1.51. The number of methoxy groups -OCH3 is 1. The number of rotatable bonds is 5. The average Bonchev–Trinajstić information content (AvgIpc) is 2.77. The number of carbonyl (C=O) groups excluding carboxylic acids is 3. The van der Waals surface area contributed by atoms with Gasteiger partial charge in [-0.3, -0.25) is 25.2 Å². The minimum atomic E-state index is -0.600. The molecule has 0 radical (unpaired) electrons. The molecule has 7 nitrogen and oxygen atoms in total. The molecular weight excluding hydrogens is 441 g/mol. The fourth-order valence-electron chi connectivity index (χ4n) is 2.63. The molecule has 0 fully saturated rings. The summed E-state index contributed by atoms with van der Waals surface area (Å²) in [6.45, 7) is 0. The van der Waals surface area contributed by atoms with Gasteiger partial charge in [-0.05, 0) is 54.6 Å². The summed E-state index contributed by atoms with van der Waals surface area (Å²) < 4.78 is 5.11. The minimum absolute atomic E-state index is 0.154. The van der Waals surface area contributed by atoms with Gasteiger partial charge in [0.2, 0.25) is 0 Å². The number of carbonyl (C=O) groups is 3. The number of hydrogen-bond donors (Lipinski definition) is 3. The smallest absolute Gasteiger partial charge is 0.271 e. The number of anilines is 1. The summed E-state index contributed by atoms with van der Waals surface area (Å²) in [6.07, 6.45) is 0. The van der Waals surface area contributed by atoms with Crippen molar-refractivity contribution in [2.24, 2.45) is 0 Å². The topological polar surface area (TPSA) is 96.5 Å². The van der Waals surface area contributed by atoms with Crippen LogP contribution in [-0.2, 0) is 0 Å². The van der Waals surface area contributed by atoms with Crippen molar-refractivity contribution in [2.45, 2.75) is 0 Å². The van der Waals surface area contributed by atoms with Gasteiger partial charge in [0, 0.05) is 21.8 Å². The lowest BCUT2D eigenvalue weighted by molar-refractivity contribution is 0.0847. The number of benzene rings is 3. The SMILES string of the molecule is COc1cccc(C(=O)Nc2cccc(C(=O)NNC(=O)c3ccc(Cl)cc3Cl)c2)c1. The summed E-state index contributed by atoms with van der Waals surface area (Å²) in [5.74, 6) is -0.979. The maximum Gasteiger partial charge on any atom is 0.271 e. The molecule has 3 aromatic rings. The lowest BCUT2D eigenvalue weighted by Gasteiger charge is -2.10. The van der Waals surface area contributed by atoms with Crippen LogP contribution in [0.2, 0.25) is 10.0 Å². The zero-order chi connectivity index (χ0) is 22.4. The molecule has 3 amide bonds. The van der Waals surface area contributed by atoms with E-state index in [1.54, 1.807) is 36.4 Å². The van der Waals surface area contributed by atoms with Gasteiger partial charge in [-0.15, -0.1) is 0 Å². The highest BCUT2D eigenvalue weighted by atomic mass is 35.5. The van der Waals surface area contributed by atoms with Gasteiger partial charge in [-0.2, -0.15) is 0 Å². The Hall–Kier alpha value is -3.55. The molecule has 0 heterocycles. The van der Waals surface area contributed by atoms with Crippen molar-refractivity contribution in [3.63, 3.8) is 0 Å². The molecule has 0 saturated heterocycles. The van der Waals surface area contributed by atoms with Gasteiger partial charge >= 0.3 is 0 Å². The van der Waals surface area contributed by atoms with E-state index in [4.69, 9.17) is 27.9 Å². The van der Waals surface area contributed by atoms with E-state index in [1.807, 2.05) is 0 Å². The van der Waals surface area contributed by atoms with Crippen LogP contribution >= 0.6 is 23.2 Å². The molecule has 0 aliphatic rings. The Kier molecular flexibility index (Phi) is 7.12. The number of halogens is 2. The second-order valence-corrected chi connectivity index (χ2v) is 7.14. The first-order valence-corrected chi connectivity index (χ1v) is 9.74. The van der Waals surface area contributed by atoms with E-state index in [9.17, 15) is 14.4 Å². The van der Waals surface area contributed by atoms with E-state index in [0.717, 1.165) is 0 Å². The largest absolute Gasteiger partial charge is 0.497 e. The molecule has 3 aromatic carbocycles. The Balaban J connectivity index is 1.64. The molecule has 0 unspecified atom stereocenters. The van der Waals surface area contributed by atoms with Gasteiger partial charge in [0.25, 0.3) is 17.7 Å². The van der Waals surface area contributed by atoms with Crippen molar-refractivity contribution in [1.29, 1.82) is 0 Å². The Morgan fingerprint density at radius 1 is 0.774 bits per heavy atom. The van der Waals surface area contributed by atoms with Crippen LogP contribution in [-0.4, -0.2) is 24.8 Å². The molecule has 0 aromatic heterocycles. The molecule has 0 saturated carbocycles. The number of amides is 3. The monoisotopic (exact) mass is 457 g/mol. The zero-order valence-electron chi connectivity index (χ0n) is 16.2. The third kappa shape index (κ3) is 5.75. The predicted molar refractivity (Wildman–Crippen MR) is 119 cm³/mol. The zero-order valence-corrected chi connectivity index (χ0v) is 17.8. The normalized spacial score (nSPS) is 10.2. The summed E-state index contributed by atoms with van der Waals surface area (Å²) in [4.78, 5) is 37.1. The summed E-state index contributed by atoms with van der Waals surface area (Å²) in [6, 6.07) is 17.3. The summed E-state index contributed by atoms with van der Waals surface area (Å²) in [5, 5.41) is 3.26. The van der Waals surface area contributed by atoms with Crippen molar-refractivity contribution in [3.05, 3.63) is 93.5 Å². The first kappa shape index (κ1) is 22.1. The maximum atomic E-state index is 12.4. The highest BCUT2D eigenvalue weighted by molar-refractivity contribution is 6.36. The molecule has 0 aliphatic carbocycles. The average molecular weight is 458 g/mol. The Morgan fingerprint density at radius 3 is 2.16 bits per heavy atom. The van der Waals surface area contributed by atoms with Gasteiger partial charge in [0.05, 0.1) is 17.7 Å². The summed E-state index contributed by atoms with van der Waals surface area (Å²) in [5.41, 5.74) is 5.80. The molecule has 158 valence electrons. The van der Waals surface area contributed by atoms with Crippen molar-refractivity contribution in [2.75, 3.05) is 12.4 Å². The second-order valence-electron chi connectivity index (χ2n) is 6.30. The molecule has 0 spiro atoms. The quantitative estimate of drug-likeness (QED) is 0.496.